The molecule has 16 bridgehead atoms. The van der Waals surface area contributed by atoms with E-state index in [2.05, 4.69) is 79.4 Å². The minimum atomic E-state index is 0.253. The first-order valence-corrected chi connectivity index (χ1v) is 21.5. The SMILES string of the molecule is COc1cc(Oc2ccc(C#Cc3ccc(C)cc3)cc2)c(C23CC4C5CC6CC4C(C2)C(C6)C5C3)cc1C12CC3C4CC5CC3C(C1)C(C5)C4C2. The predicted octanol–water partition coefficient (Wildman–Crippen LogP) is 11.1. The van der Waals surface area contributed by atoms with Crippen molar-refractivity contribution < 1.29 is 9.47 Å². The number of rotatable bonds is 5. The minimum Gasteiger partial charge on any atom is -0.496 e. The lowest BCUT2D eigenvalue weighted by atomic mass is 9.32. The van der Waals surface area contributed by atoms with Gasteiger partial charge in [-0.15, -0.1) is 0 Å². The average Bonchev–Trinajstić information content (AvgIpc) is 3.18. The van der Waals surface area contributed by atoms with Crippen LogP contribution in [0.1, 0.15) is 105 Å². The Labute approximate surface area is 310 Å². The summed E-state index contributed by atoms with van der Waals surface area (Å²) in [6.07, 6.45) is 17.7. The molecule has 0 atom stereocenters. The molecular weight excluding hydrogens is 633 g/mol. The lowest BCUT2D eigenvalue weighted by Gasteiger charge is -2.73. The number of aryl methyl sites for hydroxylation is 1. The van der Waals surface area contributed by atoms with Crippen molar-refractivity contribution in [3.63, 3.8) is 0 Å². The van der Waals surface area contributed by atoms with Crippen LogP contribution in [0.2, 0.25) is 0 Å². The molecule has 2 heteroatoms. The molecule has 3 aromatic carbocycles. The predicted molar refractivity (Wildman–Crippen MR) is 204 cm³/mol. The van der Waals surface area contributed by atoms with Crippen LogP contribution in [0.5, 0.6) is 17.2 Å². The molecule has 0 spiro atoms. The van der Waals surface area contributed by atoms with E-state index in [4.69, 9.17) is 9.47 Å². The summed E-state index contributed by atoms with van der Waals surface area (Å²) in [6, 6.07) is 22.2. The third kappa shape index (κ3) is 3.95. The van der Waals surface area contributed by atoms with E-state index in [1.807, 2.05) is 7.11 Å². The molecule has 52 heavy (non-hydrogen) atoms. The summed E-state index contributed by atoms with van der Waals surface area (Å²) >= 11 is 0. The first-order chi connectivity index (χ1) is 25.4. The molecule has 0 amide bonds. The fourth-order valence-electron chi connectivity index (χ4n) is 17.6. The van der Waals surface area contributed by atoms with Gasteiger partial charge in [0.15, 0.2) is 0 Å². The van der Waals surface area contributed by atoms with E-state index in [0.717, 1.165) is 111 Å². The van der Waals surface area contributed by atoms with E-state index in [9.17, 15) is 0 Å². The second-order valence-corrected chi connectivity index (χ2v) is 20.7. The van der Waals surface area contributed by atoms with Gasteiger partial charge in [-0.05, 0) is 220 Å². The molecule has 3 aromatic rings. The van der Waals surface area contributed by atoms with Crippen molar-refractivity contribution in [2.45, 2.75) is 94.8 Å². The lowest BCUT2D eigenvalue weighted by molar-refractivity contribution is -0.213. The Morgan fingerprint density at radius 1 is 0.481 bits per heavy atom. The molecule has 0 unspecified atom stereocenters. The summed E-state index contributed by atoms with van der Waals surface area (Å²) < 4.78 is 13.6. The van der Waals surface area contributed by atoms with Gasteiger partial charge >= 0.3 is 0 Å². The lowest BCUT2D eigenvalue weighted by Crippen LogP contribution is -2.66. The van der Waals surface area contributed by atoms with Crippen LogP contribution in [0, 0.1) is 102 Å². The van der Waals surface area contributed by atoms with Crippen LogP contribution in [-0.4, -0.2) is 7.11 Å². The molecule has 14 saturated carbocycles. The van der Waals surface area contributed by atoms with Crippen molar-refractivity contribution in [2.75, 3.05) is 7.11 Å². The Bertz CT molecular complexity index is 1920. The van der Waals surface area contributed by atoms with Gasteiger partial charge in [-0.2, -0.15) is 0 Å². The topological polar surface area (TPSA) is 18.5 Å². The van der Waals surface area contributed by atoms with Gasteiger partial charge in [0.25, 0.3) is 0 Å². The third-order valence-corrected chi connectivity index (χ3v) is 18.9. The van der Waals surface area contributed by atoms with Crippen LogP contribution in [0.4, 0.5) is 0 Å². The van der Waals surface area contributed by atoms with E-state index in [1.54, 1.807) is 49.7 Å². The molecule has 14 aliphatic carbocycles. The first-order valence-electron chi connectivity index (χ1n) is 21.5. The molecule has 266 valence electrons. The zero-order chi connectivity index (χ0) is 34.1. The fraction of sp³-hybridized carbons (Fsp3) is 0.600. The molecule has 14 aliphatic rings. The van der Waals surface area contributed by atoms with E-state index in [-0.39, 0.29) is 5.41 Å². The molecule has 2 nitrogen and oxygen atoms in total. The highest BCUT2D eigenvalue weighted by Gasteiger charge is 2.70. The monoisotopic (exact) mass is 686 g/mol. The van der Waals surface area contributed by atoms with E-state index >= 15 is 0 Å². The largest absolute Gasteiger partial charge is 0.496 e. The minimum absolute atomic E-state index is 0.253. The van der Waals surface area contributed by atoms with Crippen molar-refractivity contribution in [3.8, 4) is 29.1 Å². The van der Waals surface area contributed by atoms with Crippen molar-refractivity contribution in [3.05, 3.63) is 88.5 Å². The Hall–Kier alpha value is -3.18. The molecule has 0 radical (unpaired) electrons. The Balaban J connectivity index is 0.903. The molecule has 0 N–H and O–H groups in total. The highest BCUT2D eigenvalue weighted by Crippen LogP contribution is 2.77. The normalized spacial score (nSPS) is 46.9. The van der Waals surface area contributed by atoms with Crippen LogP contribution in [0.25, 0.3) is 0 Å². The number of ether oxygens (including phenoxy) is 2. The van der Waals surface area contributed by atoms with Gasteiger partial charge in [0.05, 0.1) is 7.11 Å². The maximum Gasteiger partial charge on any atom is 0.134 e. The average molecular weight is 687 g/mol. The van der Waals surface area contributed by atoms with Gasteiger partial charge in [-0.25, -0.2) is 0 Å². The molecule has 0 saturated heterocycles. The van der Waals surface area contributed by atoms with E-state index in [0.29, 0.717) is 5.41 Å². The summed E-state index contributed by atoms with van der Waals surface area (Å²) in [4.78, 5) is 0. The molecular formula is C50H54O2. The highest BCUT2D eigenvalue weighted by atomic mass is 16.5. The summed E-state index contributed by atoms with van der Waals surface area (Å²) in [5.41, 5.74) is 7.05. The summed E-state index contributed by atoms with van der Waals surface area (Å²) in [7, 11) is 1.94. The second-order valence-electron chi connectivity index (χ2n) is 20.7. The van der Waals surface area contributed by atoms with Crippen molar-refractivity contribution >= 4 is 0 Å². The van der Waals surface area contributed by atoms with Crippen LogP contribution in [-0.2, 0) is 10.8 Å². The Morgan fingerprint density at radius 3 is 1.27 bits per heavy atom. The highest BCUT2D eigenvalue weighted by molar-refractivity contribution is 5.56. The summed E-state index contributed by atoms with van der Waals surface area (Å²) in [6.45, 7) is 2.12. The second kappa shape index (κ2) is 10.3. The Kier molecular flexibility index (Phi) is 5.99. The van der Waals surface area contributed by atoms with Gasteiger partial charge in [-0.1, -0.05) is 29.5 Å². The standard InChI is InChI=1S/C50H54O2/c1-27-3-5-28(6-4-27)7-8-29-9-11-32(12-10-29)52-48-20-47(51-2)45(49-21-39-33-13-30-14-34(39)41(23-49)35(15-30)40(33)22-49)19-46(48)50-24-42-36-16-31-17-37(42)44(26-50)38(18-31)43(36)25-50/h3-6,9-12,19-20,30-31,33-44H,13-18,21-26H2,1-2H3. The molecule has 0 aliphatic heterocycles. The van der Waals surface area contributed by atoms with E-state index in [1.165, 1.54) is 44.1 Å². The van der Waals surface area contributed by atoms with Crippen LogP contribution >= 0.6 is 0 Å². The fourth-order valence-corrected chi connectivity index (χ4v) is 17.6. The number of hydrogen-bond acceptors (Lipinski definition) is 2. The smallest absolute Gasteiger partial charge is 0.134 e. The molecule has 17 rings (SSSR count). The number of methoxy groups -OCH3 is 1. The maximum atomic E-state index is 7.13. The quantitative estimate of drug-likeness (QED) is 0.249. The van der Waals surface area contributed by atoms with Crippen molar-refractivity contribution in [1.29, 1.82) is 0 Å². The van der Waals surface area contributed by atoms with Crippen molar-refractivity contribution in [2.24, 2.45) is 82.9 Å². The number of benzene rings is 3. The zero-order valence-corrected chi connectivity index (χ0v) is 31.2. The molecule has 0 heterocycles. The van der Waals surface area contributed by atoms with Crippen LogP contribution < -0.4 is 9.47 Å². The van der Waals surface area contributed by atoms with Gasteiger partial charge in [0.2, 0.25) is 0 Å². The van der Waals surface area contributed by atoms with Gasteiger partial charge in [0, 0.05) is 28.3 Å². The zero-order valence-electron chi connectivity index (χ0n) is 31.2. The van der Waals surface area contributed by atoms with Crippen LogP contribution in [0.3, 0.4) is 0 Å². The van der Waals surface area contributed by atoms with Gasteiger partial charge in [-0.3, -0.25) is 0 Å². The summed E-state index contributed by atoms with van der Waals surface area (Å²) in [5, 5.41) is 0. The Morgan fingerprint density at radius 2 is 0.865 bits per heavy atom. The van der Waals surface area contributed by atoms with Gasteiger partial charge < -0.3 is 9.47 Å². The van der Waals surface area contributed by atoms with E-state index < -0.39 is 0 Å². The molecule has 14 fully saturated rings. The number of hydrogen-bond donors (Lipinski definition) is 0. The maximum absolute atomic E-state index is 7.13. The molecule has 0 aromatic heterocycles. The van der Waals surface area contributed by atoms with Crippen molar-refractivity contribution in [1.82, 2.24) is 0 Å². The first kappa shape index (κ1) is 30.2. The third-order valence-electron chi connectivity index (χ3n) is 18.9. The van der Waals surface area contributed by atoms with Gasteiger partial charge in [0.1, 0.15) is 17.2 Å². The van der Waals surface area contributed by atoms with Crippen LogP contribution in [0.15, 0.2) is 60.7 Å². The summed E-state index contributed by atoms with van der Waals surface area (Å²) in [5.74, 6) is 23.8.